The van der Waals surface area contributed by atoms with Gasteiger partial charge >= 0.3 is 6.09 Å². The third-order valence-corrected chi connectivity index (χ3v) is 1.67. The summed E-state index contributed by atoms with van der Waals surface area (Å²) in [5, 5.41) is 0. The summed E-state index contributed by atoms with van der Waals surface area (Å²) in [5.41, 5.74) is 4.73. The van der Waals surface area contributed by atoms with E-state index in [1.165, 1.54) is 0 Å². The molecule has 0 radical (unpaired) electrons. The predicted octanol–water partition coefficient (Wildman–Crippen LogP) is 1.85. The van der Waals surface area contributed by atoms with Crippen LogP contribution in [-0.4, -0.2) is 18.2 Å². The number of carbonyl (C=O) groups excluding carboxylic acids is 1. The van der Waals surface area contributed by atoms with Crippen molar-refractivity contribution in [3.8, 4) is 0 Å². The summed E-state index contributed by atoms with van der Waals surface area (Å²) in [5.74, 6) is 0.874. The summed E-state index contributed by atoms with van der Waals surface area (Å²) >= 11 is 0. The van der Waals surface area contributed by atoms with Gasteiger partial charge in [-0.3, -0.25) is 5.43 Å². The number of ether oxygens (including phenoxy) is 1. The van der Waals surface area contributed by atoms with Crippen molar-refractivity contribution in [1.82, 2.24) is 10.9 Å². The van der Waals surface area contributed by atoms with Gasteiger partial charge in [-0.05, 0) is 32.9 Å². The number of hydrogen-bond donors (Lipinski definition) is 2. The van der Waals surface area contributed by atoms with Gasteiger partial charge in [0.15, 0.2) is 0 Å². The topological polar surface area (TPSA) is 63.5 Å². The molecule has 0 saturated heterocycles. The van der Waals surface area contributed by atoms with Crippen LogP contribution in [0.3, 0.4) is 0 Å². The predicted molar refractivity (Wildman–Crippen MR) is 59.8 cm³/mol. The van der Waals surface area contributed by atoms with Crippen LogP contribution in [0.15, 0.2) is 22.8 Å². The first-order valence-electron chi connectivity index (χ1n) is 5.21. The number of hydrazine groups is 1. The van der Waals surface area contributed by atoms with Gasteiger partial charge in [-0.15, -0.1) is 0 Å². The van der Waals surface area contributed by atoms with Crippen molar-refractivity contribution in [2.24, 2.45) is 0 Å². The fraction of sp³-hybridized carbons (Fsp3) is 0.545. The van der Waals surface area contributed by atoms with E-state index in [0.717, 1.165) is 5.76 Å². The van der Waals surface area contributed by atoms with Crippen LogP contribution in [0.4, 0.5) is 4.79 Å². The molecule has 0 spiro atoms. The lowest BCUT2D eigenvalue weighted by Crippen LogP contribution is -2.41. The molecule has 0 aromatic carbocycles. The molecule has 0 bridgehead atoms. The summed E-state index contributed by atoms with van der Waals surface area (Å²) in [6.07, 6.45) is 1.85. The van der Waals surface area contributed by atoms with E-state index < -0.39 is 11.7 Å². The Morgan fingerprint density at radius 2 is 2.25 bits per heavy atom. The molecule has 1 amide bonds. The molecule has 2 N–H and O–H groups in total. The van der Waals surface area contributed by atoms with E-state index in [-0.39, 0.29) is 0 Å². The van der Waals surface area contributed by atoms with Gasteiger partial charge in [-0.2, -0.15) is 0 Å². The van der Waals surface area contributed by atoms with E-state index in [9.17, 15) is 4.79 Å². The van der Waals surface area contributed by atoms with Crippen LogP contribution in [-0.2, 0) is 11.2 Å². The van der Waals surface area contributed by atoms with Gasteiger partial charge in [-0.1, -0.05) is 0 Å². The zero-order chi connectivity index (χ0) is 12.0. The highest BCUT2D eigenvalue weighted by Crippen LogP contribution is 2.05. The zero-order valence-corrected chi connectivity index (χ0v) is 9.87. The van der Waals surface area contributed by atoms with Crippen molar-refractivity contribution in [2.75, 3.05) is 6.54 Å². The lowest BCUT2D eigenvalue weighted by atomic mass is 10.2. The highest BCUT2D eigenvalue weighted by molar-refractivity contribution is 5.66. The number of hydrogen-bond acceptors (Lipinski definition) is 4. The Labute approximate surface area is 95.1 Å². The molecule has 16 heavy (non-hydrogen) atoms. The maximum Gasteiger partial charge on any atom is 0.422 e. The van der Waals surface area contributed by atoms with Crippen molar-refractivity contribution in [3.63, 3.8) is 0 Å². The van der Waals surface area contributed by atoms with E-state index in [1.807, 2.05) is 32.9 Å². The molecule has 0 aliphatic heterocycles. The van der Waals surface area contributed by atoms with Gasteiger partial charge in [0.25, 0.3) is 0 Å². The Balaban J connectivity index is 2.09. The molecule has 1 rings (SSSR count). The average molecular weight is 226 g/mol. The minimum Gasteiger partial charge on any atom is -0.469 e. The van der Waals surface area contributed by atoms with E-state index >= 15 is 0 Å². The molecular formula is C11H18N2O3. The standard InChI is InChI=1S/C11H18N2O3/c1-11(2,3)16-10(14)13-12-7-6-9-5-4-8-15-9/h4-5,8,12H,6-7H2,1-3H3,(H,13,14). The van der Waals surface area contributed by atoms with E-state index in [0.29, 0.717) is 13.0 Å². The number of carbonyl (C=O) groups is 1. The van der Waals surface area contributed by atoms with Gasteiger partial charge in [-0.25, -0.2) is 10.2 Å². The summed E-state index contributed by atoms with van der Waals surface area (Å²) < 4.78 is 10.2. The smallest absolute Gasteiger partial charge is 0.422 e. The molecule has 1 heterocycles. The van der Waals surface area contributed by atoms with Crippen molar-refractivity contribution in [1.29, 1.82) is 0 Å². The second kappa shape index (κ2) is 5.55. The zero-order valence-electron chi connectivity index (χ0n) is 9.87. The Bertz CT molecular complexity index is 314. The van der Waals surface area contributed by atoms with Crippen LogP contribution in [0.2, 0.25) is 0 Å². The summed E-state index contributed by atoms with van der Waals surface area (Å²) in [6, 6.07) is 3.71. The SMILES string of the molecule is CC(C)(C)OC(=O)NNCCc1ccco1. The van der Waals surface area contributed by atoms with E-state index in [2.05, 4.69) is 10.9 Å². The Morgan fingerprint density at radius 1 is 1.50 bits per heavy atom. The first kappa shape index (κ1) is 12.6. The number of rotatable bonds is 4. The quantitative estimate of drug-likeness (QED) is 0.607. The van der Waals surface area contributed by atoms with E-state index in [1.54, 1.807) is 6.26 Å². The third kappa shape index (κ3) is 5.41. The molecule has 0 fully saturated rings. The normalized spacial score (nSPS) is 11.2. The number of amides is 1. The maximum atomic E-state index is 11.2. The molecular weight excluding hydrogens is 208 g/mol. The van der Waals surface area contributed by atoms with Gasteiger partial charge in [0.2, 0.25) is 0 Å². The Morgan fingerprint density at radius 3 is 2.81 bits per heavy atom. The fourth-order valence-electron chi connectivity index (χ4n) is 1.08. The average Bonchev–Trinajstić information content (AvgIpc) is 2.62. The molecule has 5 heteroatoms. The molecule has 5 nitrogen and oxygen atoms in total. The number of furan rings is 1. The monoisotopic (exact) mass is 226 g/mol. The summed E-state index contributed by atoms with van der Waals surface area (Å²) in [7, 11) is 0. The summed E-state index contributed by atoms with van der Waals surface area (Å²) in [4.78, 5) is 11.2. The lowest BCUT2D eigenvalue weighted by molar-refractivity contribution is 0.0498. The molecule has 0 aliphatic carbocycles. The van der Waals surface area contributed by atoms with Crippen LogP contribution in [0, 0.1) is 0 Å². The van der Waals surface area contributed by atoms with Crippen LogP contribution in [0.25, 0.3) is 0 Å². The molecule has 1 aromatic rings. The molecule has 0 atom stereocenters. The molecule has 0 saturated carbocycles. The van der Waals surface area contributed by atoms with Gasteiger partial charge in [0, 0.05) is 13.0 Å². The van der Waals surface area contributed by atoms with Crippen LogP contribution >= 0.6 is 0 Å². The fourth-order valence-corrected chi connectivity index (χ4v) is 1.08. The Kier molecular flexibility index (Phi) is 4.37. The van der Waals surface area contributed by atoms with Crippen molar-refractivity contribution in [3.05, 3.63) is 24.2 Å². The van der Waals surface area contributed by atoms with Crippen LogP contribution < -0.4 is 10.9 Å². The maximum absolute atomic E-state index is 11.2. The Hall–Kier alpha value is -1.49. The van der Waals surface area contributed by atoms with Gasteiger partial charge < -0.3 is 9.15 Å². The van der Waals surface area contributed by atoms with E-state index in [4.69, 9.17) is 9.15 Å². The minimum atomic E-state index is -0.480. The molecule has 1 aromatic heterocycles. The van der Waals surface area contributed by atoms with Crippen molar-refractivity contribution >= 4 is 6.09 Å². The molecule has 90 valence electrons. The second-order valence-electron chi connectivity index (χ2n) is 4.38. The second-order valence-corrected chi connectivity index (χ2v) is 4.38. The summed E-state index contributed by atoms with van der Waals surface area (Å²) in [6.45, 7) is 6.03. The lowest BCUT2D eigenvalue weighted by Gasteiger charge is -2.19. The highest BCUT2D eigenvalue weighted by atomic mass is 16.6. The van der Waals surface area contributed by atoms with Crippen molar-refractivity contribution < 1.29 is 13.9 Å². The molecule has 0 aliphatic rings. The minimum absolute atomic E-state index is 0.479. The first-order valence-corrected chi connectivity index (χ1v) is 5.21. The third-order valence-electron chi connectivity index (χ3n) is 1.67. The number of nitrogens with one attached hydrogen (secondary N) is 2. The van der Waals surface area contributed by atoms with Crippen LogP contribution in [0.1, 0.15) is 26.5 Å². The van der Waals surface area contributed by atoms with Crippen molar-refractivity contribution in [2.45, 2.75) is 32.8 Å². The molecule has 0 unspecified atom stereocenters. The highest BCUT2D eigenvalue weighted by Gasteiger charge is 2.15. The van der Waals surface area contributed by atoms with Crippen LogP contribution in [0.5, 0.6) is 0 Å². The van der Waals surface area contributed by atoms with Gasteiger partial charge in [0.1, 0.15) is 11.4 Å². The largest absolute Gasteiger partial charge is 0.469 e. The first-order chi connectivity index (χ1) is 7.47. The van der Waals surface area contributed by atoms with Gasteiger partial charge in [0.05, 0.1) is 6.26 Å².